The van der Waals surface area contributed by atoms with Crippen molar-refractivity contribution in [1.82, 2.24) is 14.9 Å². The van der Waals surface area contributed by atoms with E-state index >= 15 is 0 Å². The second-order valence-corrected chi connectivity index (χ2v) is 9.40. The minimum absolute atomic E-state index is 0.0637. The lowest BCUT2D eigenvalue weighted by Crippen LogP contribution is -2.45. The fourth-order valence-corrected chi connectivity index (χ4v) is 4.18. The topological polar surface area (TPSA) is 193 Å². The van der Waals surface area contributed by atoms with Gasteiger partial charge in [-0.2, -0.15) is 0 Å². The summed E-state index contributed by atoms with van der Waals surface area (Å²) >= 11 is 5.05. The van der Waals surface area contributed by atoms with Gasteiger partial charge in [-0.3, -0.25) is 28.2 Å². The van der Waals surface area contributed by atoms with Gasteiger partial charge in [0.25, 0.3) is 5.56 Å². The maximum absolute atomic E-state index is 12.2. The predicted molar refractivity (Wildman–Crippen MR) is 112 cm³/mol. The van der Waals surface area contributed by atoms with Gasteiger partial charge < -0.3 is 30.3 Å². The van der Waals surface area contributed by atoms with Gasteiger partial charge in [-0.25, -0.2) is 4.57 Å². The van der Waals surface area contributed by atoms with Crippen LogP contribution >= 0.6 is 20.0 Å². The third-order valence-electron chi connectivity index (χ3n) is 4.95. The minimum atomic E-state index is -4.68. The third kappa shape index (κ3) is 6.53. The molecule has 0 aliphatic carbocycles. The molecule has 0 radical (unpaired) electrons. The van der Waals surface area contributed by atoms with Gasteiger partial charge in [-0.1, -0.05) is 6.92 Å². The first-order valence-corrected chi connectivity index (χ1v) is 11.6. The highest BCUT2D eigenvalue weighted by molar-refractivity contribution is 7.71. The summed E-state index contributed by atoms with van der Waals surface area (Å²) in [6.45, 7) is 3.00. The number of ether oxygens (including phenoxy) is 1. The summed E-state index contributed by atoms with van der Waals surface area (Å²) in [5, 5.41) is 33.5. The van der Waals surface area contributed by atoms with Crippen LogP contribution in [-0.4, -0.2) is 78.8 Å². The van der Waals surface area contributed by atoms with Crippen LogP contribution in [0.2, 0.25) is 0 Å². The number of aliphatic hydroxyl groups is 3. The summed E-state index contributed by atoms with van der Waals surface area (Å²) in [7, 11) is -4.68. The zero-order valence-electron chi connectivity index (χ0n) is 17.7. The normalized spacial score (nSPS) is 29.3. The molecule has 1 aromatic rings. The zero-order chi connectivity index (χ0) is 24.3. The molecule has 1 aliphatic heterocycles. The molecular weight excluding hydrogens is 469 g/mol. The number of aromatic amines is 1. The lowest BCUT2D eigenvalue weighted by Gasteiger charge is -2.28. The van der Waals surface area contributed by atoms with Gasteiger partial charge in [0.2, 0.25) is 5.91 Å². The van der Waals surface area contributed by atoms with Crippen molar-refractivity contribution in [3.63, 3.8) is 0 Å². The highest BCUT2D eigenvalue weighted by Crippen LogP contribution is 2.45. The van der Waals surface area contributed by atoms with Crippen LogP contribution in [0.25, 0.3) is 0 Å². The number of hydrogen-bond acceptors (Lipinski definition) is 10. The van der Waals surface area contributed by atoms with Crippen molar-refractivity contribution in [2.45, 2.75) is 63.4 Å². The van der Waals surface area contributed by atoms with Crippen molar-refractivity contribution in [2.24, 2.45) is 0 Å². The van der Waals surface area contributed by atoms with Gasteiger partial charge in [-0.05, 0) is 25.6 Å². The van der Waals surface area contributed by atoms with E-state index in [1.54, 1.807) is 6.92 Å². The van der Waals surface area contributed by atoms with E-state index in [1.807, 2.05) is 0 Å². The van der Waals surface area contributed by atoms with Crippen LogP contribution in [0.1, 0.15) is 33.4 Å². The first kappa shape index (κ1) is 26.8. The van der Waals surface area contributed by atoms with Crippen molar-refractivity contribution in [3.05, 3.63) is 27.4 Å². The maximum atomic E-state index is 12.2. The fraction of sp³-hybridized carbons (Fsp3) is 0.706. The molecule has 0 saturated carbocycles. The van der Waals surface area contributed by atoms with E-state index in [4.69, 9.17) is 26.0 Å². The number of aromatic nitrogens is 2. The molecule has 7 atom stereocenters. The Morgan fingerprint density at radius 3 is 2.72 bits per heavy atom. The molecule has 1 saturated heterocycles. The van der Waals surface area contributed by atoms with Crippen LogP contribution in [0.3, 0.4) is 0 Å². The second kappa shape index (κ2) is 10.6. The number of phosphoric acid groups is 1. The smallest absolute Gasteiger partial charge is 0.391 e. The Labute approximate surface area is 188 Å². The minimum Gasteiger partial charge on any atom is -0.391 e. The Morgan fingerprint density at radius 1 is 1.50 bits per heavy atom. The van der Waals surface area contributed by atoms with Gasteiger partial charge in [0, 0.05) is 19.2 Å². The summed E-state index contributed by atoms with van der Waals surface area (Å²) in [6.07, 6.45) is -3.50. The molecule has 32 heavy (non-hydrogen) atoms. The van der Waals surface area contributed by atoms with Crippen LogP contribution < -0.4 is 10.9 Å². The van der Waals surface area contributed by atoms with Crippen molar-refractivity contribution in [2.75, 3.05) is 13.2 Å². The Morgan fingerprint density at radius 2 is 2.16 bits per heavy atom. The molecule has 1 aliphatic rings. The van der Waals surface area contributed by atoms with E-state index in [1.165, 1.54) is 24.6 Å². The summed E-state index contributed by atoms with van der Waals surface area (Å²) < 4.78 is 28.7. The summed E-state index contributed by atoms with van der Waals surface area (Å²) in [4.78, 5) is 34.9. The molecule has 0 aromatic carbocycles. The first-order valence-electron chi connectivity index (χ1n) is 9.73. The van der Waals surface area contributed by atoms with Crippen LogP contribution in [0.5, 0.6) is 0 Å². The van der Waals surface area contributed by atoms with Crippen molar-refractivity contribution in [1.29, 1.82) is 0 Å². The number of phosphoric ester groups is 1. The fourth-order valence-electron chi connectivity index (χ4n) is 3.16. The number of H-pyrrole nitrogens is 1. The van der Waals surface area contributed by atoms with Gasteiger partial charge in [-0.15, -0.1) is 0 Å². The quantitative estimate of drug-likeness (QED) is 0.177. The molecule has 2 unspecified atom stereocenters. The van der Waals surface area contributed by atoms with E-state index < -0.39 is 68.7 Å². The number of amides is 1. The van der Waals surface area contributed by atoms with Crippen LogP contribution in [0, 0.1) is 4.77 Å². The standard InChI is InChI=1S/C17H28N3O10PS/c1-4-11(22)10(18-9(2)21)7-28-31(26,27)29-8-12-14(24)17(3,25)15(30-12)20-6-5-13(23)19-16(20)32/h5-6,10-12,14-15,22,24-25H,4,7-8H2,1-3H3,(H,18,21)(H,26,27)(H,19,23,32)/t10-,11+,12+,14-,15+,17?/m0/s1. The molecule has 13 nitrogen and oxygen atoms in total. The lowest BCUT2D eigenvalue weighted by atomic mass is 9.96. The zero-order valence-corrected chi connectivity index (χ0v) is 19.4. The van der Waals surface area contributed by atoms with Crippen LogP contribution in [0.15, 0.2) is 17.1 Å². The second-order valence-electron chi connectivity index (χ2n) is 7.56. The molecule has 182 valence electrons. The first-order chi connectivity index (χ1) is 14.8. The highest BCUT2D eigenvalue weighted by Gasteiger charge is 2.53. The molecule has 6 N–H and O–H groups in total. The molecule has 15 heteroatoms. The van der Waals surface area contributed by atoms with Crippen LogP contribution in [-0.2, 0) is 23.1 Å². The van der Waals surface area contributed by atoms with E-state index in [9.17, 15) is 34.4 Å². The van der Waals surface area contributed by atoms with Crippen LogP contribution in [0.4, 0.5) is 0 Å². The van der Waals surface area contributed by atoms with Gasteiger partial charge in [0.05, 0.1) is 25.4 Å². The number of rotatable bonds is 10. The Kier molecular flexibility index (Phi) is 8.90. The number of nitrogens with zero attached hydrogens (tertiary/aromatic N) is 1. The lowest BCUT2D eigenvalue weighted by molar-refractivity contribution is -0.121. The van der Waals surface area contributed by atoms with Gasteiger partial charge in [0.1, 0.15) is 17.8 Å². The van der Waals surface area contributed by atoms with Gasteiger partial charge in [0.15, 0.2) is 11.0 Å². The SMILES string of the molecule is CC[C@@H](O)[C@H](COP(=O)(O)OC[C@H]1O[C@@H](n2ccc(=O)[nH]c2=S)C(C)(O)[C@H]1O)NC(C)=O. The molecule has 0 spiro atoms. The Bertz CT molecular complexity index is 966. The molecule has 2 heterocycles. The predicted octanol–water partition coefficient (Wildman–Crippen LogP) is -0.676. The summed E-state index contributed by atoms with van der Waals surface area (Å²) in [5.74, 6) is -0.462. The third-order valence-corrected chi connectivity index (χ3v) is 6.21. The number of aliphatic hydroxyl groups excluding tert-OH is 2. The summed E-state index contributed by atoms with van der Waals surface area (Å²) in [6, 6.07) is 0.208. The molecule has 1 aromatic heterocycles. The van der Waals surface area contributed by atoms with Gasteiger partial charge >= 0.3 is 7.82 Å². The van der Waals surface area contributed by atoms with E-state index in [0.717, 1.165) is 6.07 Å². The maximum Gasteiger partial charge on any atom is 0.472 e. The molecule has 0 bridgehead atoms. The summed E-state index contributed by atoms with van der Waals surface area (Å²) in [5.41, 5.74) is -2.35. The average molecular weight is 497 g/mol. The average Bonchev–Trinajstić information content (AvgIpc) is 2.92. The van der Waals surface area contributed by atoms with E-state index in [2.05, 4.69) is 10.3 Å². The molecule has 1 amide bonds. The number of carbonyl (C=O) groups excluding carboxylic acids is 1. The monoisotopic (exact) mass is 497 g/mol. The van der Waals surface area contributed by atoms with Crippen molar-refractivity contribution in [3.8, 4) is 0 Å². The molecule has 2 rings (SSSR count). The van der Waals surface area contributed by atoms with Crippen molar-refractivity contribution >= 4 is 25.9 Å². The molecule has 1 fully saturated rings. The number of carbonyl (C=O) groups is 1. The van der Waals surface area contributed by atoms with E-state index in [0.29, 0.717) is 0 Å². The number of nitrogens with one attached hydrogen (secondary N) is 2. The van der Waals surface area contributed by atoms with Crippen molar-refractivity contribution < 1.29 is 43.4 Å². The Hall–Kier alpha value is -1.48. The number of hydrogen-bond donors (Lipinski definition) is 6. The highest BCUT2D eigenvalue weighted by atomic mass is 32.1. The van der Waals surface area contributed by atoms with E-state index in [-0.39, 0.29) is 11.2 Å². The molecular formula is C17H28N3O10PS. The Balaban J connectivity index is 2.04. The largest absolute Gasteiger partial charge is 0.472 e.